The molecular formula is C11H13FN2O2. The molecule has 1 unspecified atom stereocenters. The van der Waals surface area contributed by atoms with Gasteiger partial charge in [0.15, 0.2) is 5.78 Å². The summed E-state index contributed by atoms with van der Waals surface area (Å²) in [6.45, 7) is 2.93. The van der Waals surface area contributed by atoms with Crippen molar-refractivity contribution in [3.8, 4) is 0 Å². The van der Waals surface area contributed by atoms with E-state index in [9.17, 15) is 14.0 Å². The maximum atomic E-state index is 13.1. The van der Waals surface area contributed by atoms with E-state index >= 15 is 0 Å². The largest absolute Gasteiger partial charge is 0.328 e. The molecule has 0 bridgehead atoms. The van der Waals surface area contributed by atoms with E-state index in [-0.39, 0.29) is 11.5 Å². The Morgan fingerprint density at radius 1 is 1.31 bits per heavy atom. The first kappa shape index (κ1) is 12.2. The molecule has 5 heteroatoms. The molecule has 1 aromatic carbocycles. The van der Waals surface area contributed by atoms with Crippen molar-refractivity contribution >= 4 is 17.5 Å². The second kappa shape index (κ2) is 5.25. The lowest BCUT2D eigenvalue weighted by Crippen LogP contribution is -2.40. The van der Waals surface area contributed by atoms with Crippen LogP contribution in [0.4, 0.5) is 14.9 Å². The molecule has 0 aromatic heterocycles. The van der Waals surface area contributed by atoms with Crippen LogP contribution in [0.25, 0.3) is 0 Å². The van der Waals surface area contributed by atoms with E-state index in [1.165, 1.54) is 25.1 Å². The smallest absolute Gasteiger partial charge is 0.319 e. The van der Waals surface area contributed by atoms with Gasteiger partial charge in [-0.25, -0.2) is 9.18 Å². The third kappa shape index (κ3) is 3.34. The highest BCUT2D eigenvalue weighted by atomic mass is 19.1. The van der Waals surface area contributed by atoms with Gasteiger partial charge in [-0.3, -0.25) is 4.79 Å². The highest BCUT2D eigenvalue weighted by Crippen LogP contribution is 2.11. The number of anilines is 1. The zero-order valence-corrected chi connectivity index (χ0v) is 9.08. The third-order valence-electron chi connectivity index (χ3n) is 2.08. The van der Waals surface area contributed by atoms with Crippen LogP contribution in [0.1, 0.15) is 13.8 Å². The molecular weight excluding hydrogens is 211 g/mol. The van der Waals surface area contributed by atoms with Gasteiger partial charge in [-0.05, 0) is 26.0 Å². The molecule has 1 aromatic rings. The van der Waals surface area contributed by atoms with E-state index < -0.39 is 17.9 Å². The predicted octanol–water partition coefficient (Wildman–Crippen LogP) is 1.92. The van der Waals surface area contributed by atoms with Crippen LogP contribution in [-0.2, 0) is 4.79 Å². The average Bonchev–Trinajstić information content (AvgIpc) is 2.21. The number of amides is 2. The lowest BCUT2D eigenvalue weighted by Gasteiger charge is -2.11. The molecule has 4 nitrogen and oxygen atoms in total. The number of halogens is 1. The summed E-state index contributed by atoms with van der Waals surface area (Å²) in [4.78, 5) is 22.2. The van der Waals surface area contributed by atoms with E-state index in [2.05, 4.69) is 10.6 Å². The maximum absolute atomic E-state index is 13.1. The van der Waals surface area contributed by atoms with Gasteiger partial charge in [-0.2, -0.15) is 0 Å². The number of para-hydroxylation sites is 1. The van der Waals surface area contributed by atoms with Crippen LogP contribution < -0.4 is 10.6 Å². The summed E-state index contributed by atoms with van der Waals surface area (Å²) in [5.41, 5.74) is 0.0794. The molecule has 0 heterocycles. The van der Waals surface area contributed by atoms with Crippen LogP contribution in [0.15, 0.2) is 24.3 Å². The minimum absolute atomic E-state index is 0.0794. The standard InChI is InChI=1S/C11H13FN2O2/c1-7(8(2)15)13-11(16)14-10-6-4-3-5-9(10)12/h3-7H,1-2H3,(H2,13,14,16). The van der Waals surface area contributed by atoms with Crippen LogP contribution in [0.3, 0.4) is 0 Å². The molecule has 0 aliphatic heterocycles. The molecule has 2 amide bonds. The molecule has 0 spiro atoms. The number of carbonyl (C=O) groups is 2. The van der Waals surface area contributed by atoms with Crippen molar-refractivity contribution in [2.45, 2.75) is 19.9 Å². The average molecular weight is 224 g/mol. The summed E-state index contributed by atoms with van der Waals surface area (Å²) in [5, 5.41) is 4.71. The van der Waals surface area contributed by atoms with Crippen molar-refractivity contribution in [1.29, 1.82) is 0 Å². The van der Waals surface area contributed by atoms with Gasteiger partial charge in [0.1, 0.15) is 5.82 Å². The van der Waals surface area contributed by atoms with Crippen molar-refractivity contribution in [1.82, 2.24) is 5.32 Å². The fraction of sp³-hybridized carbons (Fsp3) is 0.273. The predicted molar refractivity (Wildman–Crippen MR) is 58.7 cm³/mol. The zero-order chi connectivity index (χ0) is 12.1. The molecule has 16 heavy (non-hydrogen) atoms. The van der Waals surface area contributed by atoms with E-state index in [0.29, 0.717) is 0 Å². The monoisotopic (exact) mass is 224 g/mol. The lowest BCUT2D eigenvalue weighted by molar-refractivity contribution is -0.118. The van der Waals surface area contributed by atoms with Crippen LogP contribution in [0.5, 0.6) is 0 Å². The van der Waals surface area contributed by atoms with Gasteiger partial charge in [0.2, 0.25) is 0 Å². The number of nitrogens with one attached hydrogen (secondary N) is 2. The SMILES string of the molecule is CC(=O)C(C)NC(=O)Nc1ccccc1F. The second-order valence-electron chi connectivity index (χ2n) is 3.41. The Hall–Kier alpha value is -1.91. The van der Waals surface area contributed by atoms with Crippen LogP contribution in [0, 0.1) is 5.82 Å². The van der Waals surface area contributed by atoms with Crippen LogP contribution in [0.2, 0.25) is 0 Å². The highest BCUT2D eigenvalue weighted by Gasteiger charge is 2.12. The summed E-state index contributed by atoms with van der Waals surface area (Å²) in [6, 6.07) is 4.61. The van der Waals surface area contributed by atoms with Crippen molar-refractivity contribution in [2.75, 3.05) is 5.32 Å². The minimum Gasteiger partial charge on any atom is -0.328 e. The van der Waals surface area contributed by atoms with Gasteiger partial charge >= 0.3 is 6.03 Å². The van der Waals surface area contributed by atoms with Gasteiger partial charge in [0, 0.05) is 0 Å². The molecule has 1 rings (SSSR count). The minimum atomic E-state index is -0.604. The summed E-state index contributed by atoms with van der Waals surface area (Å²) >= 11 is 0. The molecule has 0 fully saturated rings. The Kier molecular flexibility index (Phi) is 3.99. The van der Waals surface area contributed by atoms with Crippen molar-refractivity contribution < 1.29 is 14.0 Å². The quantitative estimate of drug-likeness (QED) is 0.824. The number of carbonyl (C=O) groups excluding carboxylic acids is 2. The first-order valence-electron chi connectivity index (χ1n) is 4.83. The number of ketones is 1. The van der Waals surface area contributed by atoms with Crippen molar-refractivity contribution in [2.24, 2.45) is 0 Å². The van der Waals surface area contributed by atoms with Gasteiger partial charge in [-0.1, -0.05) is 12.1 Å². The summed E-state index contributed by atoms with van der Waals surface area (Å²) in [6.07, 6.45) is 0. The Morgan fingerprint density at radius 3 is 2.50 bits per heavy atom. The molecule has 0 saturated carbocycles. The molecule has 1 atom stereocenters. The zero-order valence-electron chi connectivity index (χ0n) is 9.08. The maximum Gasteiger partial charge on any atom is 0.319 e. The Labute approximate surface area is 92.8 Å². The van der Waals surface area contributed by atoms with Crippen LogP contribution in [-0.4, -0.2) is 17.9 Å². The Morgan fingerprint density at radius 2 is 1.94 bits per heavy atom. The lowest BCUT2D eigenvalue weighted by atomic mass is 10.2. The fourth-order valence-corrected chi connectivity index (χ4v) is 1.02. The van der Waals surface area contributed by atoms with E-state index in [1.807, 2.05) is 0 Å². The number of urea groups is 1. The van der Waals surface area contributed by atoms with Crippen LogP contribution >= 0.6 is 0 Å². The fourth-order valence-electron chi connectivity index (χ4n) is 1.02. The number of benzene rings is 1. The van der Waals surface area contributed by atoms with Gasteiger partial charge < -0.3 is 10.6 Å². The summed E-state index contributed by atoms with van der Waals surface area (Å²) in [7, 11) is 0. The summed E-state index contributed by atoms with van der Waals surface area (Å²) in [5.74, 6) is -0.684. The number of hydrogen-bond donors (Lipinski definition) is 2. The van der Waals surface area contributed by atoms with Crippen molar-refractivity contribution in [3.63, 3.8) is 0 Å². The number of hydrogen-bond acceptors (Lipinski definition) is 2. The summed E-state index contributed by atoms with van der Waals surface area (Å²) < 4.78 is 13.1. The molecule has 0 aliphatic rings. The second-order valence-corrected chi connectivity index (χ2v) is 3.41. The normalized spacial score (nSPS) is 11.7. The highest BCUT2D eigenvalue weighted by molar-refractivity contribution is 5.93. The molecule has 2 N–H and O–H groups in total. The Balaban J connectivity index is 2.59. The van der Waals surface area contributed by atoms with Gasteiger partial charge in [0.05, 0.1) is 11.7 Å². The number of Topliss-reactive ketones (excluding diaryl/α,β-unsaturated/α-hetero) is 1. The topological polar surface area (TPSA) is 58.2 Å². The first-order valence-corrected chi connectivity index (χ1v) is 4.83. The van der Waals surface area contributed by atoms with E-state index in [4.69, 9.17) is 0 Å². The molecule has 86 valence electrons. The first-order chi connectivity index (χ1) is 7.50. The molecule has 0 saturated heterocycles. The molecule has 0 radical (unpaired) electrons. The van der Waals surface area contributed by atoms with Gasteiger partial charge in [-0.15, -0.1) is 0 Å². The van der Waals surface area contributed by atoms with Crippen molar-refractivity contribution in [3.05, 3.63) is 30.1 Å². The molecule has 0 aliphatic carbocycles. The third-order valence-corrected chi connectivity index (χ3v) is 2.08. The Bertz CT molecular complexity index is 407. The van der Waals surface area contributed by atoms with Gasteiger partial charge in [0.25, 0.3) is 0 Å². The van der Waals surface area contributed by atoms with E-state index in [1.54, 1.807) is 13.0 Å². The van der Waals surface area contributed by atoms with E-state index in [0.717, 1.165) is 0 Å². The number of rotatable bonds is 3.